The number of hydrogen-bond acceptors (Lipinski definition) is 5. The highest BCUT2D eigenvalue weighted by molar-refractivity contribution is 5.66. The number of esters is 1. The molecule has 2 rings (SSSR count). The summed E-state index contributed by atoms with van der Waals surface area (Å²) in [6, 6.07) is 3.77. The largest absolute Gasteiger partial charge is 0.462 e. The van der Waals surface area contributed by atoms with Crippen molar-refractivity contribution < 1.29 is 9.53 Å². The van der Waals surface area contributed by atoms with Gasteiger partial charge in [0.05, 0.1) is 11.9 Å². The van der Waals surface area contributed by atoms with Crippen molar-refractivity contribution in [2.24, 2.45) is 0 Å². The molecule has 0 radical (unpaired) electrons. The van der Waals surface area contributed by atoms with Crippen molar-refractivity contribution in [3.05, 3.63) is 18.3 Å². The smallest absolute Gasteiger partial charge is 0.302 e. The van der Waals surface area contributed by atoms with Crippen LogP contribution in [-0.2, 0) is 9.53 Å². The molecular formula is C12H17N3O2. The summed E-state index contributed by atoms with van der Waals surface area (Å²) in [4.78, 5) is 17.3. The van der Waals surface area contributed by atoms with Crippen LogP contribution in [0.5, 0.6) is 0 Å². The number of rotatable bonds is 2. The zero-order valence-electron chi connectivity index (χ0n) is 9.93. The minimum Gasteiger partial charge on any atom is -0.462 e. The second-order valence-electron chi connectivity index (χ2n) is 4.25. The highest BCUT2D eigenvalue weighted by Gasteiger charge is 2.21. The number of aromatic nitrogens is 1. The van der Waals surface area contributed by atoms with Crippen molar-refractivity contribution in [2.75, 3.05) is 23.7 Å². The summed E-state index contributed by atoms with van der Waals surface area (Å²) in [7, 11) is 0. The zero-order chi connectivity index (χ0) is 12.3. The fourth-order valence-corrected chi connectivity index (χ4v) is 2.02. The van der Waals surface area contributed by atoms with E-state index in [1.807, 2.05) is 12.1 Å². The van der Waals surface area contributed by atoms with Gasteiger partial charge in [0, 0.05) is 32.9 Å². The van der Waals surface area contributed by atoms with Crippen LogP contribution in [0.1, 0.15) is 19.8 Å². The molecule has 5 nitrogen and oxygen atoms in total. The molecule has 1 aliphatic heterocycles. The van der Waals surface area contributed by atoms with E-state index in [2.05, 4.69) is 9.88 Å². The van der Waals surface area contributed by atoms with Gasteiger partial charge >= 0.3 is 5.97 Å². The summed E-state index contributed by atoms with van der Waals surface area (Å²) in [6.45, 7) is 3.16. The van der Waals surface area contributed by atoms with E-state index < -0.39 is 0 Å². The molecule has 5 heteroatoms. The lowest BCUT2D eigenvalue weighted by Gasteiger charge is -2.32. The third-order valence-corrected chi connectivity index (χ3v) is 2.87. The third kappa shape index (κ3) is 3.09. The number of piperidine rings is 1. The summed E-state index contributed by atoms with van der Waals surface area (Å²) in [6.07, 6.45) is 3.42. The Morgan fingerprint density at radius 1 is 1.47 bits per heavy atom. The van der Waals surface area contributed by atoms with Gasteiger partial charge in [-0.05, 0) is 12.1 Å². The van der Waals surface area contributed by atoms with Gasteiger partial charge in [0.2, 0.25) is 0 Å². The van der Waals surface area contributed by atoms with Gasteiger partial charge in [0.25, 0.3) is 0 Å². The van der Waals surface area contributed by atoms with Gasteiger partial charge in [0.1, 0.15) is 11.9 Å². The van der Waals surface area contributed by atoms with Gasteiger partial charge in [0.15, 0.2) is 0 Å². The van der Waals surface area contributed by atoms with Gasteiger partial charge in [-0.3, -0.25) is 4.79 Å². The van der Waals surface area contributed by atoms with Crippen molar-refractivity contribution in [3.63, 3.8) is 0 Å². The van der Waals surface area contributed by atoms with Crippen LogP contribution in [0.4, 0.5) is 11.5 Å². The van der Waals surface area contributed by atoms with Crippen molar-refractivity contribution in [1.29, 1.82) is 0 Å². The molecule has 1 aromatic rings. The molecular weight excluding hydrogens is 218 g/mol. The second-order valence-corrected chi connectivity index (χ2v) is 4.25. The Morgan fingerprint density at radius 2 is 2.18 bits per heavy atom. The molecule has 0 bridgehead atoms. The Kier molecular flexibility index (Phi) is 3.46. The Hall–Kier alpha value is -1.78. The van der Waals surface area contributed by atoms with Crippen LogP contribution in [-0.4, -0.2) is 30.1 Å². The van der Waals surface area contributed by atoms with Crippen molar-refractivity contribution >= 4 is 17.5 Å². The monoisotopic (exact) mass is 235 g/mol. The number of hydrogen-bond donors (Lipinski definition) is 1. The summed E-state index contributed by atoms with van der Waals surface area (Å²) in [5.74, 6) is 0.731. The molecule has 1 saturated heterocycles. The van der Waals surface area contributed by atoms with E-state index in [1.54, 1.807) is 6.20 Å². The number of nitrogens with two attached hydrogens (primary N) is 1. The zero-order valence-corrected chi connectivity index (χ0v) is 9.93. The minimum absolute atomic E-state index is 0.0533. The highest BCUT2D eigenvalue weighted by atomic mass is 16.5. The number of carbonyl (C=O) groups excluding carboxylic acids is 1. The third-order valence-electron chi connectivity index (χ3n) is 2.87. The van der Waals surface area contributed by atoms with Gasteiger partial charge in [-0.15, -0.1) is 0 Å². The Bertz CT molecular complexity index is 383. The number of nitrogens with zero attached hydrogens (tertiary/aromatic N) is 2. The molecule has 0 amide bonds. The van der Waals surface area contributed by atoms with Crippen molar-refractivity contribution in [3.8, 4) is 0 Å². The average molecular weight is 235 g/mol. The maximum atomic E-state index is 10.8. The van der Waals surface area contributed by atoms with Gasteiger partial charge in [-0.25, -0.2) is 4.98 Å². The number of anilines is 2. The van der Waals surface area contributed by atoms with E-state index in [9.17, 15) is 4.79 Å². The topological polar surface area (TPSA) is 68.5 Å². The van der Waals surface area contributed by atoms with Crippen LogP contribution in [0, 0.1) is 0 Å². The molecule has 0 saturated carbocycles. The van der Waals surface area contributed by atoms with Gasteiger partial charge in [-0.2, -0.15) is 0 Å². The summed E-state index contributed by atoms with van der Waals surface area (Å²) < 4.78 is 5.19. The molecule has 0 atom stereocenters. The first-order valence-electron chi connectivity index (χ1n) is 5.79. The van der Waals surface area contributed by atoms with Crippen molar-refractivity contribution in [2.45, 2.75) is 25.9 Å². The number of nitrogen functional groups attached to an aromatic ring is 1. The lowest BCUT2D eigenvalue weighted by atomic mass is 10.1. The van der Waals surface area contributed by atoms with E-state index in [4.69, 9.17) is 10.5 Å². The average Bonchev–Trinajstić information content (AvgIpc) is 2.30. The normalized spacial score (nSPS) is 16.9. The van der Waals surface area contributed by atoms with Crippen LogP contribution < -0.4 is 10.6 Å². The molecule has 2 N–H and O–H groups in total. The predicted molar refractivity (Wildman–Crippen MR) is 65.7 cm³/mol. The number of carbonyl (C=O) groups is 1. The molecule has 0 unspecified atom stereocenters. The SMILES string of the molecule is CC(=O)OC1CCN(c2ccc(N)cn2)CC1. The molecule has 17 heavy (non-hydrogen) atoms. The first kappa shape index (κ1) is 11.7. The van der Waals surface area contributed by atoms with Crippen LogP contribution in [0.15, 0.2) is 18.3 Å². The summed E-state index contributed by atoms with van der Waals surface area (Å²) in [5, 5.41) is 0. The molecule has 0 spiro atoms. The Balaban J connectivity index is 1.90. The maximum Gasteiger partial charge on any atom is 0.302 e. The summed E-state index contributed by atoms with van der Waals surface area (Å²) in [5.41, 5.74) is 6.26. The van der Waals surface area contributed by atoms with Crippen LogP contribution in [0.25, 0.3) is 0 Å². The number of pyridine rings is 1. The van der Waals surface area contributed by atoms with Gasteiger partial charge in [-0.1, -0.05) is 0 Å². The molecule has 0 aliphatic carbocycles. The van der Waals surface area contributed by atoms with E-state index in [-0.39, 0.29) is 12.1 Å². The molecule has 1 aromatic heterocycles. The Labute approximate surface area is 101 Å². The number of ether oxygens (including phenoxy) is 1. The molecule has 2 heterocycles. The second kappa shape index (κ2) is 5.03. The van der Waals surface area contributed by atoms with E-state index in [0.29, 0.717) is 5.69 Å². The van der Waals surface area contributed by atoms with Crippen molar-refractivity contribution in [1.82, 2.24) is 4.98 Å². The van der Waals surface area contributed by atoms with Crippen LogP contribution >= 0.6 is 0 Å². The first-order chi connectivity index (χ1) is 8.15. The molecule has 0 aromatic carbocycles. The molecule has 92 valence electrons. The minimum atomic E-state index is -0.200. The summed E-state index contributed by atoms with van der Waals surface area (Å²) >= 11 is 0. The highest BCUT2D eigenvalue weighted by Crippen LogP contribution is 2.20. The molecule has 1 aliphatic rings. The molecule has 1 fully saturated rings. The van der Waals surface area contributed by atoms with Crippen LogP contribution in [0.2, 0.25) is 0 Å². The van der Waals surface area contributed by atoms with Gasteiger partial charge < -0.3 is 15.4 Å². The quantitative estimate of drug-likeness (QED) is 0.780. The van der Waals surface area contributed by atoms with E-state index >= 15 is 0 Å². The predicted octanol–water partition coefficient (Wildman–Crippen LogP) is 1.20. The Morgan fingerprint density at radius 3 is 2.71 bits per heavy atom. The fraction of sp³-hybridized carbons (Fsp3) is 0.500. The maximum absolute atomic E-state index is 10.8. The van der Waals surface area contributed by atoms with E-state index in [0.717, 1.165) is 31.7 Å². The fourth-order valence-electron chi connectivity index (χ4n) is 2.02. The lowest BCUT2D eigenvalue weighted by molar-refractivity contribution is -0.147. The van der Waals surface area contributed by atoms with E-state index in [1.165, 1.54) is 6.92 Å². The standard InChI is InChI=1S/C12H17N3O2/c1-9(16)17-11-4-6-15(7-5-11)12-3-2-10(13)8-14-12/h2-3,8,11H,4-7,13H2,1H3. The lowest BCUT2D eigenvalue weighted by Crippen LogP contribution is -2.38. The van der Waals surface area contributed by atoms with Crippen LogP contribution in [0.3, 0.4) is 0 Å². The first-order valence-corrected chi connectivity index (χ1v) is 5.79.